The Bertz CT molecular complexity index is 2250. The van der Waals surface area contributed by atoms with Crippen LogP contribution in [0.15, 0.2) is 158 Å². The monoisotopic (exact) mass is 1270 g/mol. The van der Waals surface area contributed by atoms with Gasteiger partial charge in [0.25, 0.3) is 0 Å². The van der Waals surface area contributed by atoms with E-state index in [0.29, 0.717) is 12.8 Å². The van der Waals surface area contributed by atoms with E-state index in [1.807, 2.05) is 6.92 Å². The number of aliphatic hydroxyl groups is 11. The molecule has 19 nitrogen and oxygen atoms in total. The van der Waals surface area contributed by atoms with Crippen molar-refractivity contribution in [2.45, 2.75) is 253 Å². The van der Waals surface area contributed by atoms with Crippen molar-refractivity contribution in [2.24, 2.45) is 0 Å². The van der Waals surface area contributed by atoms with Gasteiger partial charge in [-0.15, -0.1) is 0 Å². The second kappa shape index (κ2) is 50.9. The first-order valence-electron chi connectivity index (χ1n) is 32.7. The van der Waals surface area contributed by atoms with Crippen LogP contribution in [0.1, 0.15) is 149 Å². The minimum absolute atomic E-state index is 0.200. The van der Waals surface area contributed by atoms with Crippen LogP contribution in [-0.2, 0) is 33.2 Å². The van der Waals surface area contributed by atoms with Gasteiger partial charge in [-0.3, -0.25) is 4.79 Å². The number of amides is 1. The molecule has 0 aromatic carbocycles. The molecule has 3 saturated heterocycles. The van der Waals surface area contributed by atoms with E-state index < -0.39 is 124 Å². The fraction of sp³-hybridized carbons (Fsp3) is 0.620. The third-order valence-corrected chi connectivity index (χ3v) is 15.1. The molecule has 19 heteroatoms. The van der Waals surface area contributed by atoms with E-state index in [2.05, 4.69) is 158 Å². The Labute approximate surface area is 535 Å². The van der Waals surface area contributed by atoms with Crippen LogP contribution < -0.4 is 5.32 Å². The van der Waals surface area contributed by atoms with Crippen LogP contribution in [-0.4, -0.2) is 193 Å². The van der Waals surface area contributed by atoms with Crippen LogP contribution in [0.5, 0.6) is 0 Å². The molecule has 0 spiro atoms. The number of carbonyl (C=O) groups is 1. The van der Waals surface area contributed by atoms with Crippen LogP contribution in [0, 0.1) is 0 Å². The van der Waals surface area contributed by atoms with Crippen molar-refractivity contribution in [1.29, 1.82) is 0 Å². The summed E-state index contributed by atoms with van der Waals surface area (Å²) in [5.74, 6) is -0.319. The highest BCUT2D eigenvalue weighted by Crippen LogP contribution is 2.33. The highest BCUT2D eigenvalue weighted by Gasteiger charge is 2.53. The molecule has 3 rings (SSSR count). The molecule has 3 aliphatic rings. The van der Waals surface area contributed by atoms with Crippen molar-refractivity contribution in [2.75, 3.05) is 26.4 Å². The number of hydrogen-bond donors (Lipinski definition) is 12. The maximum absolute atomic E-state index is 13.2. The van der Waals surface area contributed by atoms with Gasteiger partial charge in [0.05, 0.1) is 38.6 Å². The van der Waals surface area contributed by atoms with E-state index in [1.165, 1.54) is 0 Å². The zero-order valence-electron chi connectivity index (χ0n) is 53.3. The number of allylic oxidation sites excluding steroid dienone is 25. The average molecular weight is 1270 g/mol. The smallest absolute Gasteiger partial charge is 0.220 e. The van der Waals surface area contributed by atoms with Gasteiger partial charge in [0.2, 0.25) is 5.91 Å². The van der Waals surface area contributed by atoms with Gasteiger partial charge in [-0.25, -0.2) is 0 Å². The van der Waals surface area contributed by atoms with E-state index in [9.17, 15) is 61.0 Å². The Hall–Kier alpha value is -4.59. The predicted octanol–water partition coefficient (Wildman–Crippen LogP) is 7.76. The lowest BCUT2D eigenvalue weighted by atomic mass is 9.96. The Kier molecular flexibility index (Phi) is 45.0. The minimum atomic E-state index is -1.99. The molecule has 3 fully saturated rings. The first-order chi connectivity index (χ1) is 43.8. The number of carbonyl (C=O) groups excluding carboxylic acids is 1. The maximum Gasteiger partial charge on any atom is 0.220 e. The fourth-order valence-electron chi connectivity index (χ4n) is 9.74. The molecule has 3 heterocycles. The number of unbranched alkanes of at least 4 members (excludes halogenated alkanes) is 6. The van der Waals surface area contributed by atoms with Crippen molar-refractivity contribution in [1.82, 2.24) is 5.32 Å². The normalized spacial score (nSPS) is 29.1. The van der Waals surface area contributed by atoms with Gasteiger partial charge in [0.1, 0.15) is 73.2 Å². The molecular formula is C71H111NO18. The summed E-state index contributed by atoms with van der Waals surface area (Å²) in [5, 5.41) is 119. The number of hydrogen-bond acceptors (Lipinski definition) is 18. The zero-order chi connectivity index (χ0) is 65.4. The highest BCUT2D eigenvalue weighted by atomic mass is 16.8. The molecule has 0 radical (unpaired) electrons. The molecule has 0 aliphatic carbocycles. The molecule has 3 aliphatic heterocycles. The zero-order valence-corrected chi connectivity index (χ0v) is 53.3. The lowest BCUT2D eigenvalue weighted by molar-refractivity contribution is -0.379. The van der Waals surface area contributed by atoms with Gasteiger partial charge >= 0.3 is 0 Å². The molecule has 1 amide bonds. The van der Waals surface area contributed by atoms with Crippen molar-refractivity contribution in [3.63, 3.8) is 0 Å². The summed E-state index contributed by atoms with van der Waals surface area (Å²) in [5.41, 5.74) is 0. The van der Waals surface area contributed by atoms with Crippen molar-refractivity contribution in [3.05, 3.63) is 158 Å². The number of rotatable bonds is 46. The standard InChI is InChI=1S/C71H111NO18/c1-3-5-7-9-10-11-12-13-14-15-16-17-18-19-20-21-22-23-24-25-26-27-28-29-30-31-32-33-34-35-36-37-38-39-40-41-42-43-44-45-47-49-59(77)72-54(55(76)48-46-8-6-4-2)53-85-69-65(83)62(80)67(57(51-74)87-69)90-71-66(84)63(81)68(58(52-75)88-71)89-70-64(82)61(79)60(78)56(50-73)86-70/h5,7,10-11,13-14,16-17,19-20,22-23,25-26,28-29,31-32,34-35,37-38,40-41,46,48,54-58,60-71,73-76,78-84H,3-4,6,8-9,12,15,18,21,24,27,30,33,36,39,42-45,47,49-53H2,1-2H3,(H,72,77)/b7-5-,11-10-,14-13-,17-16-,20-19-,23-22-,26-25-,29-28-,32-31-,35-34-,38-37-,41-40-,48-46+. The van der Waals surface area contributed by atoms with E-state index >= 15 is 0 Å². The Morgan fingerprint density at radius 1 is 0.411 bits per heavy atom. The molecule has 17 atom stereocenters. The Balaban J connectivity index is 1.28. The maximum atomic E-state index is 13.2. The van der Waals surface area contributed by atoms with Crippen LogP contribution in [0.25, 0.3) is 0 Å². The third kappa shape index (κ3) is 32.8. The average Bonchev–Trinajstić information content (AvgIpc) is 1.63. The fourth-order valence-corrected chi connectivity index (χ4v) is 9.74. The largest absolute Gasteiger partial charge is 0.394 e. The molecule has 0 bridgehead atoms. The van der Waals surface area contributed by atoms with Gasteiger partial charge in [0, 0.05) is 6.42 Å². The Morgan fingerprint density at radius 3 is 1.18 bits per heavy atom. The molecule has 508 valence electrons. The minimum Gasteiger partial charge on any atom is -0.394 e. The molecule has 0 saturated carbocycles. The summed E-state index contributed by atoms with van der Waals surface area (Å²) < 4.78 is 34.0. The summed E-state index contributed by atoms with van der Waals surface area (Å²) in [7, 11) is 0. The second-order valence-electron chi connectivity index (χ2n) is 22.5. The summed E-state index contributed by atoms with van der Waals surface area (Å²) in [6.07, 6.45) is 47.8. The van der Waals surface area contributed by atoms with Gasteiger partial charge in [-0.05, 0) is 103 Å². The van der Waals surface area contributed by atoms with E-state index in [0.717, 1.165) is 116 Å². The summed E-state index contributed by atoms with van der Waals surface area (Å²) in [6, 6.07) is -0.994. The predicted molar refractivity (Wildman–Crippen MR) is 350 cm³/mol. The van der Waals surface area contributed by atoms with Gasteiger partial charge < -0.3 is 89.9 Å². The second-order valence-corrected chi connectivity index (χ2v) is 22.5. The summed E-state index contributed by atoms with van der Waals surface area (Å²) >= 11 is 0. The van der Waals surface area contributed by atoms with Gasteiger partial charge in [-0.1, -0.05) is 198 Å². The highest BCUT2D eigenvalue weighted by molar-refractivity contribution is 5.76. The van der Waals surface area contributed by atoms with Crippen LogP contribution >= 0.6 is 0 Å². The van der Waals surface area contributed by atoms with Crippen molar-refractivity contribution < 1.29 is 89.4 Å². The first kappa shape index (κ1) is 79.6. The molecule has 0 aromatic heterocycles. The summed E-state index contributed by atoms with van der Waals surface area (Å²) in [6.45, 7) is 1.36. The Morgan fingerprint density at radius 2 is 0.767 bits per heavy atom. The van der Waals surface area contributed by atoms with Crippen molar-refractivity contribution >= 4 is 5.91 Å². The van der Waals surface area contributed by atoms with Gasteiger partial charge in [0.15, 0.2) is 18.9 Å². The lowest BCUT2D eigenvalue weighted by Gasteiger charge is -2.48. The molecule has 17 unspecified atom stereocenters. The van der Waals surface area contributed by atoms with Crippen LogP contribution in [0.2, 0.25) is 0 Å². The lowest BCUT2D eigenvalue weighted by Crippen LogP contribution is -2.66. The number of ether oxygens (including phenoxy) is 6. The SMILES string of the molecule is CC/C=C\C/C=C\C/C=C\C/C=C\C/C=C\C/C=C\C/C=C\C/C=C\C/C=C\C/C=C\C/C=C\C/C=C\CCCCCCC(=O)NC(COC1OC(CO)C(OC2OC(CO)C(OC3OC(CO)C(O)C(O)C3O)C(O)C2O)C(O)C1O)C(O)/C=C/CCCC. The van der Waals surface area contributed by atoms with Crippen LogP contribution in [0.3, 0.4) is 0 Å². The third-order valence-electron chi connectivity index (χ3n) is 15.1. The first-order valence-corrected chi connectivity index (χ1v) is 32.7. The number of nitrogens with one attached hydrogen (secondary N) is 1. The number of aliphatic hydroxyl groups excluding tert-OH is 11. The van der Waals surface area contributed by atoms with E-state index in [1.54, 1.807) is 12.2 Å². The van der Waals surface area contributed by atoms with E-state index in [-0.39, 0.29) is 18.9 Å². The van der Waals surface area contributed by atoms with Crippen LogP contribution in [0.4, 0.5) is 0 Å². The van der Waals surface area contributed by atoms with E-state index in [4.69, 9.17) is 28.4 Å². The quantitative estimate of drug-likeness (QED) is 0.0205. The van der Waals surface area contributed by atoms with Crippen molar-refractivity contribution in [3.8, 4) is 0 Å². The molecular weight excluding hydrogens is 1150 g/mol. The van der Waals surface area contributed by atoms with Gasteiger partial charge in [-0.2, -0.15) is 0 Å². The summed E-state index contributed by atoms with van der Waals surface area (Å²) in [4.78, 5) is 13.2. The topological polar surface area (TPSA) is 307 Å². The molecule has 12 N–H and O–H groups in total. The molecule has 0 aromatic rings. The molecule has 90 heavy (non-hydrogen) atoms.